The number of halogens is 1. The van der Waals surface area contributed by atoms with Crippen LogP contribution in [0.3, 0.4) is 0 Å². The fourth-order valence-electron chi connectivity index (χ4n) is 3.53. The van der Waals surface area contributed by atoms with Crippen LogP contribution in [0.1, 0.15) is 60.1 Å². The second-order valence-corrected chi connectivity index (χ2v) is 7.05. The summed E-state index contributed by atoms with van der Waals surface area (Å²) in [7, 11) is 0. The van der Waals surface area contributed by atoms with E-state index in [0.717, 1.165) is 29.7 Å². The first kappa shape index (κ1) is 16.3. The van der Waals surface area contributed by atoms with E-state index in [1.807, 2.05) is 18.7 Å². The van der Waals surface area contributed by atoms with Gasteiger partial charge in [-0.3, -0.25) is 9.89 Å². The van der Waals surface area contributed by atoms with Crippen LogP contribution in [0.15, 0.2) is 24.3 Å². The maximum atomic E-state index is 13.2. The predicted molar refractivity (Wildman–Crippen MR) is 90.5 cm³/mol. The first-order valence-corrected chi connectivity index (χ1v) is 8.81. The predicted octanol–water partition coefficient (Wildman–Crippen LogP) is 3.38. The lowest BCUT2D eigenvalue weighted by Gasteiger charge is -2.26. The number of carbonyl (C=O) groups is 1. The summed E-state index contributed by atoms with van der Waals surface area (Å²) >= 11 is 0. The highest BCUT2D eigenvalue weighted by Gasteiger charge is 2.37. The third-order valence-electron chi connectivity index (χ3n) is 4.95. The zero-order valence-corrected chi connectivity index (χ0v) is 14.5. The van der Waals surface area contributed by atoms with E-state index in [4.69, 9.17) is 4.74 Å². The van der Waals surface area contributed by atoms with Gasteiger partial charge in [-0.05, 0) is 44.4 Å². The van der Waals surface area contributed by atoms with E-state index >= 15 is 0 Å². The minimum absolute atomic E-state index is 0.0503. The minimum Gasteiger partial charge on any atom is -0.369 e. The molecule has 5 nitrogen and oxygen atoms in total. The number of benzene rings is 1. The van der Waals surface area contributed by atoms with Crippen LogP contribution in [0.25, 0.3) is 0 Å². The highest BCUT2D eigenvalue weighted by atomic mass is 19.1. The van der Waals surface area contributed by atoms with Crippen molar-refractivity contribution in [3.63, 3.8) is 0 Å². The molecule has 2 heterocycles. The van der Waals surface area contributed by atoms with Gasteiger partial charge < -0.3 is 9.64 Å². The first-order chi connectivity index (χ1) is 12.0. The van der Waals surface area contributed by atoms with E-state index in [-0.39, 0.29) is 30.0 Å². The number of amides is 1. The maximum absolute atomic E-state index is 13.2. The Kier molecular flexibility index (Phi) is 4.07. The highest BCUT2D eigenvalue weighted by molar-refractivity contribution is 5.94. The van der Waals surface area contributed by atoms with Crippen LogP contribution in [0.2, 0.25) is 0 Å². The number of nitrogens with zero attached hydrogens (tertiary/aromatic N) is 2. The van der Waals surface area contributed by atoms with Crippen LogP contribution in [-0.4, -0.2) is 33.2 Å². The van der Waals surface area contributed by atoms with E-state index < -0.39 is 0 Å². The van der Waals surface area contributed by atoms with Crippen molar-refractivity contribution in [2.24, 2.45) is 0 Å². The summed E-state index contributed by atoms with van der Waals surface area (Å²) < 4.78 is 18.9. The molecule has 0 spiro atoms. The van der Waals surface area contributed by atoms with Crippen molar-refractivity contribution in [3.05, 3.63) is 52.6 Å². The Morgan fingerprint density at radius 3 is 2.72 bits per heavy atom. The molecule has 0 radical (unpaired) electrons. The van der Waals surface area contributed by atoms with E-state index in [1.54, 1.807) is 12.1 Å². The van der Waals surface area contributed by atoms with Gasteiger partial charge in [0.05, 0.1) is 17.9 Å². The van der Waals surface area contributed by atoms with Crippen LogP contribution in [0.4, 0.5) is 4.39 Å². The number of ether oxygens (including phenoxy) is 1. The van der Waals surface area contributed by atoms with Gasteiger partial charge in [0.25, 0.3) is 5.91 Å². The van der Waals surface area contributed by atoms with Gasteiger partial charge >= 0.3 is 0 Å². The number of nitrogens with one attached hydrogen (secondary N) is 1. The molecule has 1 saturated carbocycles. The summed E-state index contributed by atoms with van der Waals surface area (Å²) in [5, 5.41) is 7.30. The van der Waals surface area contributed by atoms with E-state index in [9.17, 15) is 9.18 Å². The lowest BCUT2D eigenvalue weighted by Crippen LogP contribution is -2.34. The minimum atomic E-state index is -0.266. The van der Waals surface area contributed by atoms with Crippen LogP contribution in [-0.2, 0) is 17.7 Å². The Balaban J connectivity index is 1.61. The van der Waals surface area contributed by atoms with Crippen molar-refractivity contribution in [1.29, 1.82) is 0 Å². The zero-order chi connectivity index (χ0) is 17.6. The van der Waals surface area contributed by atoms with Crippen molar-refractivity contribution in [3.8, 4) is 0 Å². The quantitative estimate of drug-likeness (QED) is 0.926. The summed E-state index contributed by atoms with van der Waals surface area (Å²) in [5.41, 5.74) is 3.31. The molecule has 2 aromatic rings. The molecule has 2 atom stereocenters. The molecule has 1 aromatic carbocycles. The number of aromatic amines is 1. The second kappa shape index (κ2) is 6.26. The van der Waals surface area contributed by atoms with E-state index in [1.165, 1.54) is 12.1 Å². The van der Waals surface area contributed by atoms with Gasteiger partial charge in [-0.1, -0.05) is 12.1 Å². The number of hydrogen-bond donors (Lipinski definition) is 1. The standard InChI is InChI=1S/C19H22FN3O2/c1-11-9-16-17(12(2)25-11)21-22-18(16)19(24)23(15-7-8-15)10-13-3-5-14(20)6-4-13/h3-6,11-12,15H,7-10H2,1-2H3,(H,21,22)/t11-,12+/m1/s1. The third kappa shape index (κ3) is 3.18. The van der Waals surface area contributed by atoms with Crippen molar-refractivity contribution in [2.45, 2.75) is 57.9 Å². The van der Waals surface area contributed by atoms with Gasteiger partial charge in [0.1, 0.15) is 5.82 Å². The molecule has 1 aliphatic heterocycles. The SMILES string of the molecule is C[C@@H]1Cc2c(C(=O)N(Cc3ccc(F)cc3)C3CC3)n[nH]c2[C@H](C)O1. The van der Waals surface area contributed by atoms with Gasteiger partial charge in [0.2, 0.25) is 0 Å². The summed E-state index contributed by atoms with van der Waals surface area (Å²) in [6.45, 7) is 4.46. The molecule has 0 saturated heterocycles. The van der Waals surface area contributed by atoms with Crippen LogP contribution in [0.5, 0.6) is 0 Å². The number of H-pyrrole nitrogens is 1. The molecule has 1 aromatic heterocycles. The maximum Gasteiger partial charge on any atom is 0.275 e. The Bertz CT molecular complexity index is 782. The first-order valence-electron chi connectivity index (χ1n) is 8.81. The van der Waals surface area contributed by atoms with Gasteiger partial charge in [0.15, 0.2) is 5.69 Å². The molecule has 0 unspecified atom stereocenters. The number of carbonyl (C=O) groups excluding carboxylic acids is 1. The number of rotatable bonds is 4. The van der Waals surface area contributed by atoms with Crippen molar-refractivity contribution in [2.75, 3.05) is 0 Å². The molecule has 1 amide bonds. The van der Waals surface area contributed by atoms with E-state index in [2.05, 4.69) is 10.2 Å². The molecule has 6 heteroatoms. The van der Waals surface area contributed by atoms with E-state index in [0.29, 0.717) is 18.7 Å². The Morgan fingerprint density at radius 2 is 2.04 bits per heavy atom. The van der Waals surface area contributed by atoms with Gasteiger partial charge in [-0.2, -0.15) is 5.10 Å². The molecule has 2 aliphatic rings. The molecule has 1 aliphatic carbocycles. The molecule has 4 rings (SSSR count). The molecule has 1 fully saturated rings. The lowest BCUT2D eigenvalue weighted by atomic mass is 9.99. The summed E-state index contributed by atoms with van der Waals surface area (Å²) in [4.78, 5) is 15.0. The summed E-state index contributed by atoms with van der Waals surface area (Å²) in [6, 6.07) is 6.58. The topological polar surface area (TPSA) is 58.2 Å². The number of fused-ring (bicyclic) bond motifs is 1. The van der Waals surface area contributed by atoms with Crippen LogP contribution < -0.4 is 0 Å². The number of hydrogen-bond acceptors (Lipinski definition) is 3. The lowest BCUT2D eigenvalue weighted by molar-refractivity contribution is -0.00702. The molecule has 25 heavy (non-hydrogen) atoms. The molecule has 132 valence electrons. The Labute approximate surface area is 146 Å². The summed E-state index contributed by atoms with van der Waals surface area (Å²) in [5.74, 6) is -0.317. The zero-order valence-electron chi connectivity index (χ0n) is 14.5. The Morgan fingerprint density at radius 1 is 1.32 bits per heavy atom. The fraction of sp³-hybridized carbons (Fsp3) is 0.474. The smallest absolute Gasteiger partial charge is 0.275 e. The summed E-state index contributed by atoms with van der Waals surface area (Å²) in [6.07, 6.45) is 2.69. The normalized spacial score (nSPS) is 22.5. The fourth-order valence-corrected chi connectivity index (χ4v) is 3.53. The average Bonchev–Trinajstić information content (AvgIpc) is 3.33. The average molecular weight is 343 g/mol. The van der Waals surface area contributed by atoms with Gasteiger partial charge in [0, 0.05) is 24.6 Å². The van der Waals surface area contributed by atoms with Gasteiger partial charge in [-0.15, -0.1) is 0 Å². The van der Waals surface area contributed by atoms with Crippen molar-refractivity contribution in [1.82, 2.24) is 15.1 Å². The van der Waals surface area contributed by atoms with Crippen LogP contribution >= 0.6 is 0 Å². The van der Waals surface area contributed by atoms with Crippen molar-refractivity contribution >= 4 is 5.91 Å². The van der Waals surface area contributed by atoms with Gasteiger partial charge in [-0.25, -0.2) is 4.39 Å². The van der Waals surface area contributed by atoms with Crippen molar-refractivity contribution < 1.29 is 13.9 Å². The third-order valence-corrected chi connectivity index (χ3v) is 4.95. The molecule has 1 N–H and O–H groups in total. The Hall–Kier alpha value is -2.21. The second-order valence-electron chi connectivity index (χ2n) is 7.05. The highest BCUT2D eigenvalue weighted by Crippen LogP contribution is 2.34. The molecule has 0 bridgehead atoms. The monoisotopic (exact) mass is 343 g/mol. The molecular weight excluding hydrogens is 321 g/mol. The largest absolute Gasteiger partial charge is 0.369 e. The molecular formula is C19H22FN3O2. The number of aromatic nitrogens is 2. The van der Waals surface area contributed by atoms with Crippen LogP contribution in [0, 0.1) is 5.82 Å².